The van der Waals surface area contributed by atoms with Gasteiger partial charge in [0.2, 0.25) is 11.7 Å². The zero-order chi connectivity index (χ0) is 10.7. The number of aryl methyl sites for hydroxylation is 1. The molecule has 15 heavy (non-hydrogen) atoms. The number of nitrogens with one attached hydrogen (secondary N) is 2. The summed E-state index contributed by atoms with van der Waals surface area (Å²) in [7, 11) is 0. The number of aromatic amines is 1. The number of hydrogen-bond donors (Lipinski definition) is 2. The fourth-order valence-corrected chi connectivity index (χ4v) is 0.971. The molecule has 2 aromatic heterocycles. The van der Waals surface area contributed by atoms with Crippen LogP contribution in [0.3, 0.4) is 0 Å². The number of carbonyl (C=O) groups is 1. The Bertz CT molecular complexity index is 448. The molecule has 78 valence electrons. The number of hydrogen-bond acceptors (Lipinski definition) is 6. The van der Waals surface area contributed by atoms with Crippen LogP contribution < -0.4 is 5.32 Å². The molecular formula is C7H8N6O2. The number of amides is 1. The molecule has 0 unspecified atom stereocenters. The van der Waals surface area contributed by atoms with Gasteiger partial charge in [-0.25, -0.2) is 4.98 Å². The number of carbonyl (C=O) groups excluding carboxylic acids is 1. The van der Waals surface area contributed by atoms with Crippen LogP contribution in [-0.4, -0.2) is 31.2 Å². The lowest BCUT2D eigenvalue weighted by Gasteiger charge is -1.97. The normalized spacial score (nSPS) is 10.2. The molecule has 8 heteroatoms. The summed E-state index contributed by atoms with van der Waals surface area (Å²) < 4.78 is 4.74. The average molecular weight is 208 g/mol. The van der Waals surface area contributed by atoms with Crippen molar-refractivity contribution in [2.75, 3.05) is 0 Å². The SMILES string of the molecule is Cc1nc(CNC(=O)c2ncn[nH]2)no1. The largest absolute Gasteiger partial charge is 0.342 e. The van der Waals surface area contributed by atoms with Crippen molar-refractivity contribution in [3.8, 4) is 0 Å². The highest BCUT2D eigenvalue weighted by Gasteiger charge is 2.09. The molecule has 0 saturated heterocycles. The summed E-state index contributed by atoms with van der Waals surface area (Å²) in [4.78, 5) is 19.0. The van der Waals surface area contributed by atoms with Crippen LogP contribution in [0.5, 0.6) is 0 Å². The minimum atomic E-state index is -0.366. The van der Waals surface area contributed by atoms with Crippen LogP contribution in [0, 0.1) is 6.92 Å². The van der Waals surface area contributed by atoms with E-state index in [1.54, 1.807) is 6.92 Å². The van der Waals surface area contributed by atoms with E-state index < -0.39 is 0 Å². The lowest BCUT2D eigenvalue weighted by atomic mass is 10.5. The highest BCUT2D eigenvalue weighted by atomic mass is 16.5. The molecule has 1 amide bonds. The van der Waals surface area contributed by atoms with Crippen LogP contribution in [0.25, 0.3) is 0 Å². The third-order valence-corrected chi connectivity index (χ3v) is 1.61. The minimum absolute atomic E-state index is 0.148. The van der Waals surface area contributed by atoms with Gasteiger partial charge in [-0.15, -0.1) is 0 Å². The summed E-state index contributed by atoms with van der Waals surface area (Å²) in [6, 6.07) is 0. The van der Waals surface area contributed by atoms with Gasteiger partial charge in [0.1, 0.15) is 6.33 Å². The topological polar surface area (TPSA) is 110 Å². The summed E-state index contributed by atoms with van der Waals surface area (Å²) in [5.74, 6) is 0.657. The third kappa shape index (κ3) is 2.16. The van der Waals surface area contributed by atoms with E-state index in [1.165, 1.54) is 6.33 Å². The number of nitrogens with zero attached hydrogens (tertiary/aromatic N) is 4. The summed E-state index contributed by atoms with van der Waals surface area (Å²) in [6.45, 7) is 1.87. The quantitative estimate of drug-likeness (QED) is 0.698. The predicted molar refractivity (Wildman–Crippen MR) is 46.6 cm³/mol. The number of aromatic nitrogens is 5. The fraction of sp³-hybridized carbons (Fsp3) is 0.286. The van der Waals surface area contributed by atoms with Gasteiger partial charge in [0.15, 0.2) is 5.82 Å². The Morgan fingerprint density at radius 2 is 2.53 bits per heavy atom. The first-order valence-electron chi connectivity index (χ1n) is 4.18. The maximum Gasteiger partial charge on any atom is 0.288 e. The monoisotopic (exact) mass is 208 g/mol. The van der Waals surface area contributed by atoms with Gasteiger partial charge in [-0.2, -0.15) is 10.1 Å². The lowest BCUT2D eigenvalue weighted by Crippen LogP contribution is -2.24. The van der Waals surface area contributed by atoms with Crippen molar-refractivity contribution in [3.63, 3.8) is 0 Å². The van der Waals surface area contributed by atoms with Gasteiger partial charge in [-0.05, 0) is 0 Å². The molecule has 0 spiro atoms. The molecule has 0 aliphatic carbocycles. The first-order valence-corrected chi connectivity index (χ1v) is 4.18. The molecule has 2 N–H and O–H groups in total. The number of rotatable bonds is 3. The van der Waals surface area contributed by atoms with E-state index in [2.05, 4.69) is 30.6 Å². The van der Waals surface area contributed by atoms with Crippen molar-refractivity contribution in [3.05, 3.63) is 23.9 Å². The Labute approximate surface area is 84.1 Å². The van der Waals surface area contributed by atoms with Gasteiger partial charge in [-0.3, -0.25) is 9.89 Å². The molecule has 2 rings (SSSR count). The van der Waals surface area contributed by atoms with Crippen LogP contribution >= 0.6 is 0 Å². The van der Waals surface area contributed by atoms with Crippen LogP contribution in [0.4, 0.5) is 0 Å². The summed E-state index contributed by atoms with van der Waals surface area (Å²) in [6.07, 6.45) is 1.26. The van der Waals surface area contributed by atoms with Gasteiger partial charge in [-0.1, -0.05) is 5.16 Å². The van der Waals surface area contributed by atoms with Crippen LogP contribution in [-0.2, 0) is 6.54 Å². The van der Waals surface area contributed by atoms with E-state index in [9.17, 15) is 4.79 Å². The van der Waals surface area contributed by atoms with Crippen molar-refractivity contribution < 1.29 is 9.32 Å². The molecule has 8 nitrogen and oxygen atoms in total. The lowest BCUT2D eigenvalue weighted by molar-refractivity contribution is 0.0939. The first-order chi connectivity index (χ1) is 7.25. The van der Waals surface area contributed by atoms with Gasteiger partial charge in [0.05, 0.1) is 6.54 Å². The van der Waals surface area contributed by atoms with E-state index in [-0.39, 0.29) is 18.3 Å². The Kier molecular flexibility index (Phi) is 2.40. The van der Waals surface area contributed by atoms with Crippen molar-refractivity contribution in [1.82, 2.24) is 30.6 Å². The summed E-state index contributed by atoms with van der Waals surface area (Å²) in [5.41, 5.74) is 0. The Morgan fingerprint density at radius 1 is 1.67 bits per heavy atom. The standard InChI is InChI=1S/C7H8N6O2/c1-4-11-5(13-15-4)2-8-7(14)6-9-3-10-12-6/h3H,2H2,1H3,(H,8,14)(H,9,10,12). The maximum absolute atomic E-state index is 11.4. The van der Waals surface area contributed by atoms with E-state index in [0.717, 1.165) is 0 Å². The molecular weight excluding hydrogens is 200 g/mol. The Morgan fingerprint density at radius 3 is 3.13 bits per heavy atom. The van der Waals surface area contributed by atoms with Gasteiger partial charge < -0.3 is 9.84 Å². The molecule has 0 aliphatic rings. The fourth-order valence-electron chi connectivity index (χ4n) is 0.971. The maximum atomic E-state index is 11.4. The molecule has 0 radical (unpaired) electrons. The molecule has 0 atom stereocenters. The zero-order valence-electron chi connectivity index (χ0n) is 7.89. The Hall–Kier alpha value is -2.25. The average Bonchev–Trinajstić information content (AvgIpc) is 2.84. The van der Waals surface area contributed by atoms with Gasteiger partial charge in [0, 0.05) is 6.92 Å². The molecule has 0 aromatic carbocycles. The Balaban J connectivity index is 1.91. The second-order valence-corrected chi connectivity index (χ2v) is 2.75. The predicted octanol–water partition coefficient (Wildman–Crippen LogP) is -0.574. The minimum Gasteiger partial charge on any atom is -0.342 e. The van der Waals surface area contributed by atoms with Crippen molar-refractivity contribution in [2.45, 2.75) is 13.5 Å². The van der Waals surface area contributed by atoms with Crippen LogP contribution in [0.15, 0.2) is 10.9 Å². The van der Waals surface area contributed by atoms with E-state index in [0.29, 0.717) is 11.7 Å². The second-order valence-electron chi connectivity index (χ2n) is 2.75. The van der Waals surface area contributed by atoms with Gasteiger partial charge >= 0.3 is 0 Å². The third-order valence-electron chi connectivity index (χ3n) is 1.61. The van der Waals surface area contributed by atoms with E-state index in [4.69, 9.17) is 4.52 Å². The number of H-pyrrole nitrogens is 1. The molecule has 0 bridgehead atoms. The molecule has 2 aromatic rings. The van der Waals surface area contributed by atoms with E-state index >= 15 is 0 Å². The van der Waals surface area contributed by atoms with Crippen molar-refractivity contribution in [2.24, 2.45) is 0 Å². The van der Waals surface area contributed by atoms with Crippen LogP contribution in [0.1, 0.15) is 22.3 Å². The highest BCUT2D eigenvalue weighted by molar-refractivity contribution is 5.90. The van der Waals surface area contributed by atoms with Crippen LogP contribution in [0.2, 0.25) is 0 Å². The smallest absolute Gasteiger partial charge is 0.288 e. The molecule has 0 saturated carbocycles. The van der Waals surface area contributed by atoms with Crippen molar-refractivity contribution in [1.29, 1.82) is 0 Å². The molecule has 0 fully saturated rings. The molecule has 2 heterocycles. The summed E-state index contributed by atoms with van der Waals surface area (Å²) in [5, 5.41) is 12.2. The summed E-state index contributed by atoms with van der Waals surface area (Å²) >= 11 is 0. The van der Waals surface area contributed by atoms with E-state index in [1.807, 2.05) is 0 Å². The second kappa shape index (κ2) is 3.86. The zero-order valence-corrected chi connectivity index (χ0v) is 7.89. The highest BCUT2D eigenvalue weighted by Crippen LogP contribution is 1.94. The molecule has 0 aliphatic heterocycles. The van der Waals surface area contributed by atoms with Crippen molar-refractivity contribution >= 4 is 5.91 Å². The van der Waals surface area contributed by atoms with Gasteiger partial charge in [0.25, 0.3) is 5.91 Å². The first kappa shape index (κ1) is 9.31.